The number of thiazole rings is 1. The average molecular weight is 500 g/mol. The Morgan fingerprint density at radius 1 is 1.22 bits per heavy atom. The van der Waals surface area contributed by atoms with Crippen molar-refractivity contribution >= 4 is 41.8 Å². The molecule has 0 saturated heterocycles. The fourth-order valence-electron chi connectivity index (χ4n) is 4.35. The summed E-state index contributed by atoms with van der Waals surface area (Å²) in [5.41, 5.74) is 7.12. The molecule has 11 heteroatoms. The average Bonchev–Trinajstić information content (AvgIpc) is 3.45. The van der Waals surface area contributed by atoms with Crippen molar-refractivity contribution in [3.8, 4) is 27.5 Å². The number of aryl methyl sites for hydroxylation is 1. The number of carbonyl (C=O) groups is 2. The molecule has 1 aromatic carbocycles. The molecular formula is C25H25BN6O3S. The molecule has 2 N–H and O–H groups in total. The Morgan fingerprint density at radius 3 is 2.75 bits per heavy atom. The van der Waals surface area contributed by atoms with Gasteiger partial charge in [-0.3, -0.25) is 15.1 Å². The van der Waals surface area contributed by atoms with Gasteiger partial charge in [-0.25, -0.2) is 14.5 Å². The van der Waals surface area contributed by atoms with Gasteiger partial charge in [0.05, 0.1) is 34.8 Å². The number of fused-ring (bicyclic) bond motifs is 3. The number of benzene rings is 1. The maximum Gasteiger partial charge on any atom is 0.413 e. The van der Waals surface area contributed by atoms with E-state index in [2.05, 4.69) is 20.6 Å². The molecule has 5 rings (SSSR count). The number of carbonyl (C=O) groups excluding carboxylic acids is 2. The Bertz CT molecular complexity index is 1460. The van der Waals surface area contributed by atoms with Crippen molar-refractivity contribution in [1.29, 1.82) is 0 Å². The molecule has 182 valence electrons. The molecule has 0 bridgehead atoms. The molecule has 9 nitrogen and oxygen atoms in total. The maximum absolute atomic E-state index is 12.6. The predicted octanol–water partition coefficient (Wildman–Crippen LogP) is 2.73. The molecule has 2 amide bonds. The number of amides is 2. The van der Waals surface area contributed by atoms with Crippen LogP contribution < -0.4 is 16.1 Å². The fourth-order valence-corrected chi connectivity index (χ4v) is 5.41. The number of anilines is 1. The number of aromatic nitrogens is 4. The summed E-state index contributed by atoms with van der Waals surface area (Å²) in [6, 6.07) is 9.57. The van der Waals surface area contributed by atoms with Gasteiger partial charge in [-0.05, 0) is 51.0 Å². The van der Waals surface area contributed by atoms with Crippen LogP contribution in [0.3, 0.4) is 0 Å². The van der Waals surface area contributed by atoms with E-state index < -0.39 is 6.09 Å². The lowest BCUT2D eigenvalue weighted by molar-refractivity contribution is 0.0943. The van der Waals surface area contributed by atoms with Crippen LogP contribution in [0.5, 0.6) is 0 Å². The van der Waals surface area contributed by atoms with Crippen molar-refractivity contribution in [2.75, 3.05) is 12.4 Å². The lowest BCUT2D eigenvalue weighted by Crippen LogP contribution is -2.31. The van der Waals surface area contributed by atoms with Crippen molar-refractivity contribution in [2.24, 2.45) is 0 Å². The van der Waals surface area contributed by atoms with Gasteiger partial charge in [0.1, 0.15) is 7.85 Å². The Kier molecular flexibility index (Phi) is 6.32. The summed E-state index contributed by atoms with van der Waals surface area (Å²) in [6.07, 6.45) is 4.47. The van der Waals surface area contributed by atoms with E-state index in [9.17, 15) is 9.59 Å². The second-order valence-electron chi connectivity index (χ2n) is 8.87. The second kappa shape index (κ2) is 9.58. The van der Waals surface area contributed by atoms with Gasteiger partial charge in [0, 0.05) is 35.1 Å². The Balaban J connectivity index is 1.66. The summed E-state index contributed by atoms with van der Waals surface area (Å²) in [4.78, 5) is 34.2. The lowest BCUT2D eigenvalue weighted by atomic mass is 9.91. The Labute approximate surface area is 213 Å². The van der Waals surface area contributed by atoms with Crippen LogP contribution in [0.15, 0.2) is 42.7 Å². The molecule has 0 atom stereocenters. The van der Waals surface area contributed by atoms with Gasteiger partial charge in [0.25, 0.3) is 5.91 Å². The number of hydrogen-bond donors (Lipinski definition) is 2. The first-order valence-corrected chi connectivity index (χ1v) is 12.5. The molecule has 3 heterocycles. The zero-order valence-corrected chi connectivity index (χ0v) is 21.3. The smallest absolute Gasteiger partial charge is 0.413 e. The predicted molar refractivity (Wildman–Crippen MR) is 142 cm³/mol. The van der Waals surface area contributed by atoms with Gasteiger partial charge in [0.15, 0.2) is 5.13 Å². The number of rotatable bonds is 5. The quantitative estimate of drug-likeness (QED) is 0.408. The van der Waals surface area contributed by atoms with Crippen molar-refractivity contribution in [2.45, 2.75) is 32.7 Å². The molecule has 0 radical (unpaired) electrons. The summed E-state index contributed by atoms with van der Waals surface area (Å²) in [6.45, 7) is 3.87. The highest BCUT2D eigenvalue weighted by molar-refractivity contribution is 7.19. The summed E-state index contributed by atoms with van der Waals surface area (Å²) >= 11 is 1.40. The lowest BCUT2D eigenvalue weighted by Gasteiger charge is -2.16. The molecule has 4 aromatic rings. The van der Waals surface area contributed by atoms with E-state index in [0.29, 0.717) is 10.7 Å². The first-order chi connectivity index (χ1) is 17.4. The topological polar surface area (TPSA) is 111 Å². The number of nitrogens with one attached hydrogen (secondary N) is 2. The standard InChI is InChI=1S/C25H25BN6O3S/c1-13(2)28-23(33)14-6-9-19(17(26)11-14)32-21-16(20(31-32)15-5-4-10-27-12-15)7-8-18-22(21)36-24(29-18)30-25(34)35-3/h4-6,9-13H,7-8,26H2,1-3H3,(H,28,33)(H,29,30,34). The van der Waals surface area contributed by atoms with E-state index in [1.807, 2.05) is 62.9 Å². The van der Waals surface area contributed by atoms with Crippen molar-refractivity contribution in [3.63, 3.8) is 0 Å². The van der Waals surface area contributed by atoms with Crippen molar-refractivity contribution in [3.05, 3.63) is 59.5 Å². The highest BCUT2D eigenvalue weighted by Gasteiger charge is 2.30. The third kappa shape index (κ3) is 4.37. The summed E-state index contributed by atoms with van der Waals surface area (Å²) < 4.78 is 6.67. The highest BCUT2D eigenvalue weighted by atomic mass is 32.1. The van der Waals surface area contributed by atoms with Crippen molar-refractivity contribution < 1.29 is 14.3 Å². The number of nitrogens with zero attached hydrogens (tertiary/aromatic N) is 4. The van der Waals surface area contributed by atoms with E-state index >= 15 is 0 Å². The second-order valence-corrected chi connectivity index (χ2v) is 9.87. The van der Waals surface area contributed by atoms with Crippen LogP contribution in [0.4, 0.5) is 9.93 Å². The normalized spacial score (nSPS) is 12.1. The van der Waals surface area contributed by atoms with Crippen LogP contribution in [0, 0.1) is 0 Å². The zero-order chi connectivity index (χ0) is 25.4. The minimum atomic E-state index is -0.558. The van der Waals surface area contributed by atoms with Gasteiger partial charge < -0.3 is 10.1 Å². The third-order valence-corrected chi connectivity index (χ3v) is 6.96. The molecule has 0 spiro atoms. The molecule has 0 fully saturated rings. The number of methoxy groups -OCH3 is 1. The Morgan fingerprint density at radius 2 is 2.06 bits per heavy atom. The van der Waals surface area contributed by atoms with E-state index in [0.717, 1.165) is 57.1 Å². The largest absolute Gasteiger partial charge is 0.453 e. The first-order valence-electron chi connectivity index (χ1n) is 11.6. The van der Waals surface area contributed by atoms with E-state index in [-0.39, 0.29) is 11.9 Å². The van der Waals surface area contributed by atoms with Gasteiger partial charge in [0.2, 0.25) is 0 Å². The summed E-state index contributed by atoms with van der Waals surface area (Å²) in [7, 11) is 3.30. The molecule has 1 aliphatic rings. The summed E-state index contributed by atoms with van der Waals surface area (Å²) in [5, 5.41) is 11.1. The molecule has 36 heavy (non-hydrogen) atoms. The molecular weight excluding hydrogens is 475 g/mol. The molecule has 0 saturated carbocycles. The number of pyridine rings is 1. The van der Waals surface area contributed by atoms with Crippen molar-refractivity contribution in [1.82, 2.24) is 25.1 Å². The molecule has 1 aliphatic carbocycles. The summed E-state index contributed by atoms with van der Waals surface area (Å²) in [5.74, 6) is -0.110. The number of hydrogen-bond acceptors (Lipinski definition) is 7. The van der Waals surface area contributed by atoms with Gasteiger partial charge in [-0.2, -0.15) is 5.10 Å². The molecule has 3 aromatic heterocycles. The number of ether oxygens (including phenoxy) is 1. The maximum atomic E-state index is 12.6. The van der Waals surface area contributed by atoms with Crippen LogP contribution >= 0.6 is 11.3 Å². The molecule has 0 unspecified atom stereocenters. The molecule has 0 aliphatic heterocycles. The third-order valence-electron chi connectivity index (χ3n) is 5.94. The minimum Gasteiger partial charge on any atom is -0.453 e. The van der Waals surface area contributed by atoms with Gasteiger partial charge >= 0.3 is 6.09 Å². The van der Waals surface area contributed by atoms with Gasteiger partial charge in [-0.15, -0.1) is 0 Å². The first kappa shape index (κ1) is 23.7. The SMILES string of the molecule is Bc1cc(C(=O)NC(C)C)ccc1-n1nc(-c2cccnc2)c2c1-c1sc(NC(=O)OC)nc1CC2. The van der Waals surface area contributed by atoms with E-state index in [4.69, 9.17) is 9.84 Å². The van der Waals surface area contributed by atoms with E-state index in [1.165, 1.54) is 18.4 Å². The Hall–Kier alpha value is -3.99. The van der Waals surface area contributed by atoms with Crippen LogP contribution in [0.2, 0.25) is 0 Å². The highest BCUT2D eigenvalue weighted by Crippen LogP contribution is 2.43. The van der Waals surface area contributed by atoms with Crippen LogP contribution in [0.25, 0.3) is 27.5 Å². The minimum absolute atomic E-state index is 0.0511. The van der Waals surface area contributed by atoms with Crippen LogP contribution in [0.1, 0.15) is 35.5 Å². The fraction of sp³-hybridized carbons (Fsp3) is 0.240. The zero-order valence-electron chi connectivity index (χ0n) is 20.5. The monoisotopic (exact) mass is 500 g/mol. The van der Waals surface area contributed by atoms with Crippen LogP contribution in [-0.2, 0) is 17.6 Å². The van der Waals surface area contributed by atoms with Crippen LogP contribution in [-0.4, -0.2) is 52.7 Å². The van der Waals surface area contributed by atoms with E-state index in [1.54, 1.807) is 6.20 Å². The van der Waals surface area contributed by atoms with Gasteiger partial charge in [-0.1, -0.05) is 22.9 Å².